The minimum atomic E-state index is -4.38. The monoisotopic (exact) mass is 353 g/mol. The van der Waals surface area contributed by atoms with Gasteiger partial charge in [-0.1, -0.05) is 0 Å². The van der Waals surface area contributed by atoms with E-state index in [0.717, 1.165) is 16.0 Å². The first-order chi connectivity index (χ1) is 7.88. The molecule has 90 valence electrons. The second kappa shape index (κ2) is 4.21. The highest BCUT2D eigenvalue weighted by molar-refractivity contribution is 14.1. The highest BCUT2D eigenvalue weighted by Gasteiger charge is 2.32. The number of anilines is 1. The van der Waals surface area contributed by atoms with E-state index in [1.807, 2.05) is 22.6 Å². The quantitative estimate of drug-likeness (QED) is 0.633. The lowest BCUT2D eigenvalue weighted by atomic mass is 10.3. The zero-order valence-electron chi connectivity index (χ0n) is 8.37. The van der Waals surface area contributed by atoms with E-state index in [9.17, 15) is 13.2 Å². The molecule has 0 fully saturated rings. The fourth-order valence-corrected chi connectivity index (χ4v) is 2.10. The van der Waals surface area contributed by atoms with Gasteiger partial charge in [0.15, 0.2) is 0 Å². The van der Waals surface area contributed by atoms with E-state index in [1.54, 1.807) is 18.2 Å². The van der Waals surface area contributed by atoms with E-state index in [0.29, 0.717) is 11.4 Å². The summed E-state index contributed by atoms with van der Waals surface area (Å²) in [6, 6.07) is 4.92. The van der Waals surface area contributed by atoms with Crippen molar-refractivity contribution < 1.29 is 13.2 Å². The third-order valence-corrected chi connectivity index (χ3v) is 2.99. The van der Waals surface area contributed by atoms with Crippen molar-refractivity contribution in [2.24, 2.45) is 0 Å². The third kappa shape index (κ3) is 2.54. The summed E-state index contributed by atoms with van der Waals surface area (Å²) in [5.74, 6) is 0. The Hall–Kier alpha value is -1.25. The van der Waals surface area contributed by atoms with Gasteiger partial charge < -0.3 is 5.73 Å². The molecule has 0 saturated heterocycles. The maximum atomic E-state index is 12.4. The molecule has 0 spiro atoms. The van der Waals surface area contributed by atoms with Gasteiger partial charge in [-0.3, -0.25) is 0 Å². The predicted molar refractivity (Wildman–Crippen MR) is 65.7 cm³/mol. The van der Waals surface area contributed by atoms with Crippen LogP contribution in [0.1, 0.15) is 5.56 Å². The molecule has 0 radical (unpaired) electrons. The van der Waals surface area contributed by atoms with Gasteiger partial charge in [-0.25, -0.2) is 4.68 Å². The van der Waals surface area contributed by atoms with Crippen LogP contribution in [0.2, 0.25) is 0 Å². The number of hydrogen-bond acceptors (Lipinski definition) is 2. The fraction of sp³-hybridized carbons (Fsp3) is 0.100. The van der Waals surface area contributed by atoms with Gasteiger partial charge in [0, 0.05) is 15.5 Å². The molecule has 1 aromatic carbocycles. The minimum Gasteiger partial charge on any atom is -0.399 e. The molecule has 1 aromatic heterocycles. The molecule has 1 heterocycles. The summed E-state index contributed by atoms with van der Waals surface area (Å²) >= 11 is 2.00. The molecule has 0 atom stereocenters. The van der Waals surface area contributed by atoms with E-state index < -0.39 is 11.7 Å². The van der Waals surface area contributed by atoms with Gasteiger partial charge in [0.1, 0.15) is 0 Å². The molecule has 2 aromatic rings. The summed E-state index contributed by atoms with van der Waals surface area (Å²) in [5, 5.41) is 3.69. The number of rotatable bonds is 1. The molecule has 2 N–H and O–H groups in total. The Morgan fingerprint density at radius 3 is 2.53 bits per heavy atom. The lowest BCUT2D eigenvalue weighted by molar-refractivity contribution is -0.137. The van der Waals surface area contributed by atoms with Crippen LogP contribution in [0.15, 0.2) is 30.6 Å². The molecule has 3 nitrogen and oxygen atoms in total. The van der Waals surface area contributed by atoms with E-state index in [1.165, 1.54) is 4.68 Å². The Bertz CT molecular complexity index is 548. The molecule has 0 unspecified atom stereocenters. The molecular formula is C10H7F3IN3. The number of nitrogen functional groups attached to an aromatic ring is 1. The summed E-state index contributed by atoms with van der Waals surface area (Å²) in [7, 11) is 0. The predicted octanol–water partition coefficient (Wildman–Crippen LogP) is 3.08. The topological polar surface area (TPSA) is 43.8 Å². The average molecular weight is 353 g/mol. The Balaban J connectivity index is 2.44. The van der Waals surface area contributed by atoms with Crippen molar-refractivity contribution >= 4 is 28.3 Å². The number of alkyl halides is 3. The molecule has 2 rings (SSSR count). The second-order valence-corrected chi connectivity index (χ2v) is 4.54. The summed E-state index contributed by atoms with van der Waals surface area (Å²) in [6.45, 7) is 0. The first-order valence-electron chi connectivity index (χ1n) is 4.55. The van der Waals surface area contributed by atoms with Gasteiger partial charge in [-0.2, -0.15) is 18.3 Å². The van der Waals surface area contributed by atoms with Gasteiger partial charge in [-0.05, 0) is 40.8 Å². The minimum absolute atomic E-state index is 0.557. The normalized spacial score (nSPS) is 11.8. The van der Waals surface area contributed by atoms with E-state index in [2.05, 4.69) is 5.10 Å². The van der Waals surface area contributed by atoms with Crippen LogP contribution in [0.3, 0.4) is 0 Å². The number of hydrogen-bond donors (Lipinski definition) is 1. The van der Waals surface area contributed by atoms with E-state index >= 15 is 0 Å². The van der Waals surface area contributed by atoms with Crippen molar-refractivity contribution in [3.63, 3.8) is 0 Å². The van der Waals surface area contributed by atoms with Crippen molar-refractivity contribution in [1.29, 1.82) is 0 Å². The van der Waals surface area contributed by atoms with Crippen molar-refractivity contribution in [3.05, 3.63) is 39.7 Å². The van der Waals surface area contributed by atoms with E-state index in [4.69, 9.17) is 5.73 Å². The molecule has 0 amide bonds. The first-order valence-corrected chi connectivity index (χ1v) is 5.63. The standard InChI is InChI=1S/C10H7F3IN3/c11-10(12,13)6-4-16-17(5-6)9-2-1-7(15)3-8(9)14/h1-5H,15H2. The fourth-order valence-electron chi connectivity index (χ4n) is 1.31. The van der Waals surface area contributed by atoms with Crippen molar-refractivity contribution in [1.82, 2.24) is 9.78 Å². The number of benzene rings is 1. The third-order valence-electron chi connectivity index (χ3n) is 2.13. The highest BCUT2D eigenvalue weighted by Crippen LogP contribution is 2.29. The molecule has 0 aliphatic heterocycles. The Morgan fingerprint density at radius 1 is 1.29 bits per heavy atom. The lowest BCUT2D eigenvalue weighted by Gasteiger charge is -2.05. The molecule has 0 bridgehead atoms. The van der Waals surface area contributed by atoms with Crippen molar-refractivity contribution in [2.45, 2.75) is 6.18 Å². The SMILES string of the molecule is Nc1ccc(-n2cc(C(F)(F)F)cn2)c(I)c1. The van der Waals surface area contributed by atoms with Crippen LogP contribution in [-0.2, 0) is 6.18 Å². The maximum Gasteiger partial charge on any atom is 0.419 e. The summed E-state index contributed by atoms with van der Waals surface area (Å²) in [4.78, 5) is 0. The number of nitrogens with two attached hydrogens (primary N) is 1. The van der Waals surface area contributed by atoms with Gasteiger partial charge in [0.2, 0.25) is 0 Å². The molecule has 0 aliphatic carbocycles. The summed E-state index contributed by atoms with van der Waals surface area (Å²) in [6.07, 6.45) is -2.63. The highest BCUT2D eigenvalue weighted by atomic mass is 127. The Kier molecular flexibility index (Phi) is 3.02. The molecule has 0 saturated carbocycles. The maximum absolute atomic E-state index is 12.4. The lowest BCUT2D eigenvalue weighted by Crippen LogP contribution is -2.03. The first kappa shape index (κ1) is 12.2. The Morgan fingerprint density at radius 2 is 2.00 bits per heavy atom. The zero-order chi connectivity index (χ0) is 12.6. The largest absolute Gasteiger partial charge is 0.419 e. The van der Waals surface area contributed by atoms with Crippen LogP contribution in [0.4, 0.5) is 18.9 Å². The molecule has 0 aliphatic rings. The van der Waals surface area contributed by atoms with Crippen LogP contribution in [0, 0.1) is 3.57 Å². The van der Waals surface area contributed by atoms with Crippen LogP contribution in [-0.4, -0.2) is 9.78 Å². The van der Waals surface area contributed by atoms with Gasteiger partial charge >= 0.3 is 6.18 Å². The van der Waals surface area contributed by atoms with Crippen LogP contribution < -0.4 is 5.73 Å². The molecule has 7 heteroatoms. The van der Waals surface area contributed by atoms with Gasteiger partial charge in [0.25, 0.3) is 0 Å². The van der Waals surface area contributed by atoms with Crippen molar-refractivity contribution in [3.8, 4) is 5.69 Å². The Labute approximate surface area is 109 Å². The van der Waals surface area contributed by atoms with E-state index in [-0.39, 0.29) is 0 Å². The van der Waals surface area contributed by atoms with Crippen LogP contribution >= 0.6 is 22.6 Å². The van der Waals surface area contributed by atoms with Crippen LogP contribution in [0.25, 0.3) is 5.69 Å². The number of aromatic nitrogens is 2. The average Bonchev–Trinajstić information content (AvgIpc) is 2.65. The second-order valence-electron chi connectivity index (χ2n) is 3.38. The number of nitrogens with zero attached hydrogens (tertiary/aromatic N) is 2. The summed E-state index contributed by atoms with van der Waals surface area (Å²) in [5.41, 5.74) is 5.91. The van der Waals surface area contributed by atoms with Crippen molar-refractivity contribution in [2.75, 3.05) is 5.73 Å². The molecular weight excluding hydrogens is 346 g/mol. The zero-order valence-corrected chi connectivity index (χ0v) is 10.5. The van der Waals surface area contributed by atoms with Gasteiger partial charge in [0.05, 0.1) is 17.4 Å². The van der Waals surface area contributed by atoms with Gasteiger partial charge in [-0.15, -0.1) is 0 Å². The molecule has 17 heavy (non-hydrogen) atoms. The number of halogens is 4. The van der Waals surface area contributed by atoms with Crippen LogP contribution in [0.5, 0.6) is 0 Å². The smallest absolute Gasteiger partial charge is 0.399 e. The summed E-state index contributed by atoms with van der Waals surface area (Å²) < 4.78 is 39.1.